The first-order valence-corrected chi connectivity index (χ1v) is 9.66. The van der Waals surface area contributed by atoms with Gasteiger partial charge in [-0.25, -0.2) is 8.42 Å². The zero-order valence-corrected chi connectivity index (χ0v) is 15.0. The highest BCUT2D eigenvalue weighted by Gasteiger charge is 2.33. The molecule has 0 N–H and O–H groups in total. The average Bonchev–Trinajstić information content (AvgIpc) is 3.22. The van der Waals surface area contributed by atoms with Crippen molar-refractivity contribution in [3.05, 3.63) is 45.8 Å². The summed E-state index contributed by atoms with van der Waals surface area (Å²) in [5.41, 5.74) is 1.01. The summed E-state index contributed by atoms with van der Waals surface area (Å²) >= 11 is 3.31. The summed E-state index contributed by atoms with van der Waals surface area (Å²) in [6, 6.07) is 4.92. The first-order chi connectivity index (χ1) is 10.8. The lowest BCUT2D eigenvalue weighted by atomic mass is 10.0. The van der Waals surface area contributed by atoms with Gasteiger partial charge in [0.15, 0.2) is 11.5 Å². The van der Waals surface area contributed by atoms with Crippen molar-refractivity contribution >= 4 is 37.4 Å². The Morgan fingerprint density at radius 2 is 2.04 bits per heavy atom. The Hall–Kier alpha value is -1.67. The predicted octanol–water partition coefficient (Wildman–Crippen LogP) is 2.94. The third-order valence-electron chi connectivity index (χ3n) is 3.83. The highest BCUT2D eigenvalue weighted by Crippen LogP contribution is 2.42. The Balaban J connectivity index is 2.09. The van der Waals surface area contributed by atoms with Gasteiger partial charge in [-0.2, -0.15) is 0 Å². The zero-order valence-electron chi connectivity index (χ0n) is 12.6. The highest BCUT2D eigenvalue weighted by atomic mass is 79.9. The van der Waals surface area contributed by atoms with Crippen LogP contribution in [0.25, 0.3) is 0 Å². The molecule has 0 radical (unpaired) electrons. The van der Waals surface area contributed by atoms with Gasteiger partial charge in [0.05, 0.1) is 23.7 Å². The topological polar surface area (TPSA) is 80.5 Å². The molecule has 1 aliphatic rings. The molecule has 1 fully saturated rings. The van der Waals surface area contributed by atoms with Crippen LogP contribution in [0.1, 0.15) is 40.4 Å². The number of ketones is 1. The van der Waals surface area contributed by atoms with Crippen molar-refractivity contribution in [3.8, 4) is 0 Å². The summed E-state index contributed by atoms with van der Waals surface area (Å²) in [6.45, 7) is 0. The van der Waals surface area contributed by atoms with E-state index in [0.717, 1.165) is 23.4 Å². The molecule has 1 aromatic heterocycles. The number of benzene rings is 1. The minimum atomic E-state index is -3.49. The number of hydrogen-bond acceptors (Lipinski definition) is 5. The molecule has 0 saturated heterocycles. The van der Waals surface area contributed by atoms with Crippen molar-refractivity contribution < 1.29 is 17.7 Å². The molecule has 0 amide bonds. The Labute approximate surface area is 142 Å². The Bertz CT molecular complexity index is 871. The molecule has 8 heteroatoms. The van der Waals surface area contributed by atoms with Gasteiger partial charge in [-0.1, -0.05) is 21.1 Å². The molecule has 122 valence electrons. The Morgan fingerprint density at radius 1 is 1.35 bits per heavy atom. The van der Waals surface area contributed by atoms with Crippen molar-refractivity contribution in [3.63, 3.8) is 0 Å². The lowest BCUT2D eigenvalue weighted by Crippen LogP contribution is -2.26. The van der Waals surface area contributed by atoms with E-state index >= 15 is 0 Å². The van der Waals surface area contributed by atoms with Crippen LogP contribution in [0.5, 0.6) is 0 Å². The highest BCUT2D eigenvalue weighted by molar-refractivity contribution is 9.10. The number of rotatable bonds is 5. The SMILES string of the molecule is CN(c1cc(Br)ccc1C(=O)c1cnoc1C1CC1)S(C)(=O)=O. The minimum absolute atomic E-state index is 0.239. The molecular weight excluding hydrogens is 384 g/mol. The third-order valence-corrected chi connectivity index (χ3v) is 5.52. The molecule has 1 aromatic carbocycles. The van der Waals surface area contributed by atoms with Gasteiger partial charge in [0.2, 0.25) is 10.0 Å². The second-order valence-corrected chi connectivity index (χ2v) is 8.53. The van der Waals surface area contributed by atoms with Crippen LogP contribution < -0.4 is 4.31 Å². The van der Waals surface area contributed by atoms with E-state index in [0.29, 0.717) is 27.0 Å². The summed E-state index contributed by atoms with van der Waals surface area (Å²) in [5, 5.41) is 3.73. The quantitative estimate of drug-likeness (QED) is 0.723. The minimum Gasteiger partial charge on any atom is -0.360 e. The number of sulfonamides is 1. The average molecular weight is 399 g/mol. The van der Waals surface area contributed by atoms with E-state index in [9.17, 15) is 13.2 Å². The largest absolute Gasteiger partial charge is 0.360 e. The maximum Gasteiger partial charge on any atom is 0.232 e. The lowest BCUT2D eigenvalue weighted by Gasteiger charge is -2.20. The van der Waals surface area contributed by atoms with E-state index in [1.165, 1.54) is 13.2 Å². The number of aromatic nitrogens is 1. The number of hydrogen-bond donors (Lipinski definition) is 0. The molecule has 0 spiro atoms. The number of carbonyl (C=O) groups is 1. The van der Waals surface area contributed by atoms with Crippen LogP contribution in [0.3, 0.4) is 0 Å². The maximum atomic E-state index is 12.9. The van der Waals surface area contributed by atoms with Gasteiger partial charge >= 0.3 is 0 Å². The Kier molecular flexibility index (Phi) is 4.05. The van der Waals surface area contributed by atoms with Crippen molar-refractivity contribution in [2.45, 2.75) is 18.8 Å². The van der Waals surface area contributed by atoms with Gasteiger partial charge in [-0.15, -0.1) is 0 Å². The molecule has 0 atom stereocenters. The number of halogens is 1. The zero-order chi connectivity index (χ0) is 16.8. The molecule has 0 aliphatic heterocycles. The Morgan fingerprint density at radius 3 is 2.65 bits per heavy atom. The van der Waals surface area contributed by atoms with E-state index in [4.69, 9.17) is 4.52 Å². The summed E-state index contributed by atoms with van der Waals surface area (Å²) in [6.07, 6.45) is 4.46. The van der Waals surface area contributed by atoms with E-state index in [1.54, 1.807) is 18.2 Å². The fourth-order valence-electron chi connectivity index (χ4n) is 2.34. The fraction of sp³-hybridized carbons (Fsp3) is 0.333. The van der Waals surface area contributed by atoms with Crippen molar-refractivity contribution in [1.29, 1.82) is 0 Å². The van der Waals surface area contributed by atoms with Gasteiger partial charge in [0, 0.05) is 23.0 Å². The van der Waals surface area contributed by atoms with Gasteiger partial charge in [0.25, 0.3) is 0 Å². The first-order valence-electron chi connectivity index (χ1n) is 7.01. The summed E-state index contributed by atoms with van der Waals surface area (Å²) < 4.78 is 30.7. The molecule has 0 unspecified atom stereocenters. The second kappa shape index (κ2) is 5.76. The van der Waals surface area contributed by atoms with Crippen molar-refractivity contribution in [2.24, 2.45) is 0 Å². The van der Waals surface area contributed by atoms with Crippen molar-refractivity contribution in [1.82, 2.24) is 5.16 Å². The van der Waals surface area contributed by atoms with E-state index in [2.05, 4.69) is 21.1 Å². The van der Waals surface area contributed by atoms with Gasteiger partial charge in [-0.05, 0) is 31.0 Å². The number of anilines is 1. The van der Waals surface area contributed by atoms with Crippen LogP contribution >= 0.6 is 15.9 Å². The molecule has 0 bridgehead atoms. The molecule has 23 heavy (non-hydrogen) atoms. The van der Waals surface area contributed by atoms with Gasteiger partial charge < -0.3 is 4.52 Å². The maximum absolute atomic E-state index is 12.9. The normalized spacial score (nSPS) is 14.7. The molecule has 6 nitrogen and oxygen atoms in total. The van der Waals surface area contributed by atoms with E-state index < -0.39 is 10.0 Å². The third kappa shape index (κ3) is 3.18. The molecular formula is C15H15BrN2O4S. The molecule has 1 aliphatic carbocycles. The van der Waals surface area contributed by atoms with E-state index in [1.807, 2.05) is 0 Å². The van der Waals surface area contributed by atoms with Gasteiger partial charge in [-0.3, -0.25) is 9.10 Å². The van der Waals surface area contributed by atoms with Crippen LogP contribution in [-0.4, -0.2) is 32.7 Å². The number of nitrogens with zero attached hydrogens (tertiary/aromatic N) is 2. The van der Waals surface area contributed by atoms with Crippen LogP contribution in [-0.2, 0) is 10.0 Å². The number of carbonyl (C=O) groups excluding carboxylic acids is 1. The lowest BCUT2D eigenvalue weighted by molar-refractivity contribution is 0.103. The summed E-state index contributed by atoms with van der Waals surface area (Å²) in [7, 11) is -2.07. The molecule has 2 aromatic rings. The monoisotopic (exact) mass is 398 g/mol. The van der Waals surface area contributed by atoms with Crippen LogP contribution in [0.2, 0.25) is 0 Å². The van der Waals surface area contributed by atoms with Gasteiger partial charge in [0.1, 0.15) is 0 Å². The standard InChI is InChI=1S/C15H15BrN2O4S/c1-18(23(2,20)21)13-7-10(16)5-6-11(13)14(19)12-8-17-22-15(12)9-3-4-9/h5-9H,3-4H2,1-2H3. The second-order valence-electron chi connectivity index (χ2n) is 5.60. The predicted molar refractivity (Wildman–Crippen MR) is 89.3 cm³/mol. The van der Waals surface area contributed by atoms with Crippen LogP contribution in [0.15, 0.2) is 33.4 Å². The fourth-order valence-corrected chi connectivity index (χ4v) is 3.20. The molecule has 1 heterocycles. The summed E-state index contributed by atoms with van der Waals surface area (Å²) in [4.78, 5) is 12.9. The first kappa shape index (κ1) is 16.2. The molecule has 1 saturated carbocycles. The van der Waals surface area contributed by atoms with Crippen molar-refractivity contribution in [2.75, 3.05) is 17.6 Å². The smallest absolute Gasteiger partial charge is 0.232 e. The van der Waals surface area contributed by atoms with Crippen LogP contribution in [0, 0.1) is 0 Å². The van der Waals surface area contributed by atoms with E-state index in [-0.39, 0.29) is 11.7 Å². The summed E-state index contributed by atoms with van der Waals surface area (Å²) in [5.74, 6) is 0.542. The molecule has 3 rings (SSSR count). The van der Waals surface area contributed by atoms with Crippen LogP contribution in [0.4, 0.5) is 5.69 Å².